The van der Waals surface area contributed by atoms with Crippen molar-refractivity contribution in [3.8, 4) is 0 Å². The molecule has 1 aliphatic heterocycles. The summed E-state index contributed by atoms with van der Waals surface area (Å²) in [6.07, 6.45) is -1.15. The highest BCUT2D eigenvalue weighted by atomic mass is 19.4. The topological polar surface area (TPSA) is 58.1 Å². The van der Waals surface area contributed by atoms with Crippen LogP contribution in [-0.2, 0) is 6.18 Å². The van der Waals surface area contributed by atoms with Crippen molar-refractivity contribution in [1.82, 2.24) is 14.9 Å². The zero-order chi connectivity index (χ0) is 22.2. The van der Waals surface area contributed by atoms with Gasteiger partial charge in [0.2, 0.25) is 0 Å². The number of hydrogen-bond acceptors (Lipinski definition) is 4. The van der Waals surface area contributed by atoms with Crippen LogP contribution in [0.3, 0.4) is 0 Å². The van der Waals surface area contributed by atoms with E-state index in [1.807, 2.05) is 6.92 Å². The standard InChI is InChI=1S/C23H23F3N4O/c1-14-8-10-30(11-9-14)22(31)19-13-27-21-18(7-6-15(2)28-21)20(19)29-17-5-3-4-16(12-17)23(24,25)26/h3-7,12-14H,8-11H2,1-2H3,(H,27,28,29). The lowest BCUT2D eigenvalue weighted by atomic mass is 9.98. The van der Waals surface area contributed by atoms with Gasteiger partial charge >= 0.3 is 6.18 Å². The number of hydrogen-bond donors (Lipinski definition) is 1. The van der Waals surface area contributed by atoms with Crippen LogP contribution in [0.1, 0.15) is 41.4 Å². The molecule has 1 fully saturated rings. The Hall–Kier alpha value is -3.16. The van der Waals surface area contributed by atoms with Crippen molar-refractivity contribution in [2.24, 2.45) is 5.92 Å². The first kappa shape index (κ1) is 21.1. The lowest BCUT2D eigenvalue weighted by molar-refractivity contribution is -0.137. The van der Waals surface area contributed by atoms with E-state index in [0.29, 0.717) is 41.3 Å². The number of aryl methyl sites for hydroxylation is 1. The summed E-state index contributed by atoms with van der Waals surface area (Å²) in [6.45, 7) is 5.28. The SMILES string of the molecule is Cc1ccc2c(Nc3cccc(C(F)(F)F)c3)c(C(=O)N3CCC(C)CC3)cnc2n1. The second-order valence-corrected chi connectivity index (χ2v) is 8.05. The summed E-state index contributed by atoms with van der Waals surface area (Å²) in [6, 6.07) is 8.50. The molecule has 4 rings (SSSR count). The number of alkyl halides is 3. The monoisotopic (exact) mass is 428 g/mol. The molecule has 3 heterocycles. The molecule has 8 heteroatoms. The predicted molar refractivity (Wildman–Crippen MR) is 113 cm³/mol. The molecule has 162 valence electrons. The molecule has 1 aromatic carbocycles. The third-order valence-corrected chi connectivity index (χ3v) is 5.63. The van der Waals surface area contributed by atoms with E-state index in [0.717, 1.165) is 30.7 Å². The number of nitrogens with one attached hydrogen (secondary N) is 1. The summed E-state index contributed by atoms with van der Waals surface area (Å²) in [5.74, 6) is 0.380. The van der Waals surface area contributed by atoms with Gasteiger partial charge in [-0.1, -0.05) is 13.0 Å². The number of nitrogens with zero attached hydrogens (tertiary/aromatic N) is 3. The molecule has 1 aliphatic rings. The number of anilines is 2. The molecule has 0 spiro atoms. The quantitative estimate of drug-likeness (QED) is 0.592. The molecule has 0 saturated carbocycles. The first-order valence-corrected chi connectivity index (χ1v) is 10.2. The number of halogens is 3. The minimum absolute atomic E-state index is 0.184. The van der Waals surface area contributed by atoms with Crippen molar-refractivity contribution in [2.75, 3.05) is 18.4 Å². The molecule has 2 aromatic heterocycles. The number of benzene rings is 1. The molecule has 0 aliphatic carbocycles. The van der Waals surface area contributed by atoms with Gasteiger partial charge in [-0.2, -0.15) is 13.2 Å². The average Bonchev–Trinajstić information content (AvgIpc) is 2.73. The average molecular weight is 428 g/mol. The van der Waals surface area contributed by atoms with E-state index in [4.69, 9.17) is 0 Å². The fourth-order valence-electron chi connectivity index (χ4n) is 3.77. The zero-order valence-corrected chi connectivity index (χ0v) is 17.3. The highest BCUT2D eigenvalue weighted by Crippen LogP contribution is 2.34. The Morgan fingerprint density at radius 2 is 1.90 bits per heavy atom. The van der Waals surface area contributed by atoms with Crippen LogP contribution in [-0.4, -0.2) is 33.9 Å². The van der Waals surface area contributed by atoms with Crippen LogP contribution in [0, 0.1) is 12.8 Å². The summed E-state index contributed by atoms with van der Waals surface area (Å²) in [5, 5.41) is 3.63. The number of aromatic nitrogens is 2. The van der Waals surface area contributed by atoms with E-state index in [1.54, 1.807) is 23.1 Å². The number of carbonyl (C=O) groups excluding carboxylic acids is 1. The van der Waals surface area contributed by atoms with E-state index in [9.17, 15) is 18.0 Å². The molecule has 5 nitrogen and oxygen atoms in total. The Morgan fingerprint density at radius 1 is 1.16 bits per heavy atom. The first-order chi connectivity index (χ1) is 14.7. The van der Waals surface area contributed by atoms with Crippen molar-refractivity contribution in [1.29, 1.82) is 0 Å². The summed E-state index contributed by atoms with van der Waals surface area (Å²) >= 11 is 0. The van der Waals surface area contributed by atoms with E-state index in [2.05, 4.69) is 22.2 Å². The molecule has 0 atom stereocenters. The van der Waals surface area contributed by atoms with Gasteiger partial charge in [0.15, 0.2) is 5.65 Å². The van der Waals surface area contributed by atoms with Crippen LogP contribution in [0.5, 0.6) is 0 Å². The molecule has 0 bridgehead atoms. The van der Waals surface area contributed by atoms with Gasteiger partial charge in [-0.05, 0) is 56.0 Å². The number of amides is 1. The van der Waals surface area contributed by atoms with Crippen LogP contribution in [0.2, 0.25) is 0 Å². The summed E-state index contributed by atoms with van der Waals surface area (Å²) in [5.41, 5.74) is 1.41. The van der Waals surface area contributed by atoms with E-state index in [1.165, 1.54) is 12.3 Å². The molecule has 3 aromatic rings. The maximum Gasteiger partial charge on any atom is 0.416 e. The highest BCUT2D eigenvalue weighted by Gasteiger charge is 2.31. The smallest absolute Gasteiger partial charge is 0.354 e. The Balaban J connectivity index is 1.78. The molecular formula is C23H23F3N4O. The highest BCUT2D eigenvalue weighted by molar-refractivity contribution is 6.07. The second-order valence-electron chi connectivity index (χ2n) is 8.05. The van der Waals surface area contributed by atoms with Crippen molar-refractivity contribution >= 4 is 28.3 Å². The first-order valence-electron chi connectivity index (χ1n) is 10.2. The fourth-order valence-corrected chi connectivity index (χ4v) is 3.77. The fraction of sp³-hybridized carbons (Fsp3) is 0.348. The molecule has 1 saturated heterocycles. The van der Waals surface area contributed by atoms with Crippen molar-refractivity contribution < 1.29 is 18.0 Å². The number of carbonyl (C=O) groups is 1. The number of pyridine rings is 2. The number of piperidine rings is 1. The number of rotatable bonds is 3. The van der Waals surface area contributed by atoms with Gasteiger partial charge in [0.25, 0.3) is 5.91 Å². The third-order valence-electron chi connectivity index (χ3n) is 5.63. The molecule has 1 amide bonds. The van der Waals surface area contributed by atoms with Gasteiger partial charge in [0.1, 0.15) is 0 Å². The molecule has 0 unspecified atom stereocenters. The van der Waals surface area contributed by atoms with Crippen LogP contribution in [0.25, 0.3) is 11.0 Å². The van der Waals surface area contributed by atoms with Crippen molar-refractivity contribution in [3.63, 3.8) is 0 Å². The van der Waals surface area contributed by atoms with Crippen LogP contribution in [0.4, 0.5) is 24.5 Å². The zero-order valence-electron chi connectivity index (χ0n) is 17.3. The normalized spacial score (nSPS) is 15.3. The van der Waals surface area contributed by atoms with Gasteiger partial charge < -0.3 is 10.2 Å². The van der Waals surface area contributed by atoms with Crippen LogP contribution >= 0.6 is 0 Å². The van der Waals surface area contributed by atoms with Gasteiger partial charge in [-0.3, -0.25) is 4.79 Å². The Labute approximate surface area is 178 Å². The molecule has 31 heavy (non-hydrogen) atoms. The number of fused-ring (bicyclic) bond motifs is 1. The maximum atomic E-state index is 13.3. The predicted octanol–water partition coefficient (Wildman–Crippen LogP) is 5.57. The van der Waals surface area contributed by atoms with Crippen molar-refractivity contribution in [3.05, 3.63) is 59.4 Å². The largest absolute Gasteiger partial charge is 0.416 e. The van der Waals surface area contributed by atoms with Gasteiger partial charge in [0, 0.05) is 36.1 Å². The van der Waals surface area contributed by atoms with E-state index in [-0.39, 0.29) is 11.6 Å². The lowest BCUT2D eigenvalue weighted by Gasteiger charge is -2.31. The van der Waals surface area contributed by atoms with Crippen LogP contribution < -0.4 is 5.32 Å². The van der Waals surface area contributed by atoms with Crippen LogP contribution in [0.15, 0.2) is 42.6 Å². The Kier molecular flexibility index (Phi) is 5.56. The summed E-state index contributed by atoms with van der Waals surface area (Å²) in [4.78, 5) is 23.8. The molecular weight excluding hydrogens is 405 g/mol. The second kappa shape index (κ2) is 8.17. The third kappa shape index (κ3) is 4.47. The molecule has 1 N–H and O–H groups in total. The van der Waals surface area contributed by atoms with Gasteiger partial charge in [-0.25, -0.2) is 9.97 Å². The summed E-state index contributed by atoms with van der Waals surface area (Å²) < 4.78 is 39.5. The van der Waals surface area contributed by atoms with E-state index < -0.39 is 11.7 Å². The van der Waals surface area contributed by atoms with Gasteiger partial charge in [-0.15, -0.1) is 0 Å². The van der Waals surface area contributed by atoms with Gasteiger partial charge in [0.05, 0.1) is 16.8 Å². The number of likely N-dealkylation sites (tertiary alicyclic amines) is 1. The minimum atomic E-state index is -4.46. The maximum absolute atomic E-state index is 13.3. The molecule has 0 radical (unpaired) electrons. The van der Waals surface area contributed by atoms with Crippen molar-refractivity contribution in [2.45, 2.75) is 32.9 Å². The van der Waals surface area contributed by atoms with E-state index >= 15 is 0 Å². The minimum Gasteiger partial charge on any atom is -0.354 e. The lowest BCUT2D eigenvalue weighted by Crippen LogP contribution is -2.38. The Morgan fingerprint density at radius 3 is 2.61 bits per heavy atom. The Bertz CT molecular complexity index is 1120. The summed E-state index contributed by atoms with van der Waals surface area (Å²) in [7, 11) is 0.